The Hall–Kier alpha value is -0.470. The lowest BCUT2D eigenvalue weighted by molar-refractivity contribution is 0.282. The van der Waals surface area contributed by atoms with E-state index in [9.17, 15) is 13.5 Å². The second-order valence-electron chi connectivity index (χ2n) is 4.46. The lowest BCUT2D eigenvalue weighted by Gasteiger charge is -2.20. The maximum atomic E-state index is 12.4. The van der Waals surface area contributed by atoms with Crippen molar-refractivity contribution in [3.63, 3.8) is 0 Å². The molecule has 0 bridgehead atoms. The minimum Gasteiger partial charge on any atom is -0.391 e. The van der Waals surface area contributed by atoms with Gasteiger partial charge in [0, 0.05) is 20.1 Å². The van der Waals surface area contributed by atoms with Crippen molar-refractivity contribution in [2.75, 3.05) is 34.2 Å². The predicted molar refractivity (Wildman–Crippen MR) is 73.3 cm³/mol. The molecule has 0 saturated carbocycles. The fraction of sp³-hybridized carbons (Fsp3) is 0.636. The summed E-state index contributed by atoms with van der Waals surface area (Å²) in [6.45, 7) is 2.60. The van der Waals surface area contributed by atoms with Crippen molar-refractivity contribution in [3.05, 3.63) is 15.8 Å². The zero-order valence-corrected chi connectivity index (χ0v) is 12.8. The van der Waals surface area contributed by atoms with Gasteiger partial charge < -0.3 is 10.0 Å². The highest BCUT2D eigenvalue weighted by molar-refractivity contribution is 7.89. The van der Waals surface area contributed by atoms with Crippen LogP contribution in [-0.4, -0.2) is 57.0 Å². The SMILES string of the molecule is Cc1csc(CO)c1S(=O)(=O)N(C)CCN(C)C. The Morgan fingerprint density at radius 2 is 1.89 bits per heavy atom. The highest BCUT2D eigenvalue weighted by Crippen LogP contribution is 2.28. The monoisotopic (exact) mass is 292 g/mol. The maximum Gasteiger partial charge on any atom is 0.244 e. The van der Waals surface area contributed by atoms with E-state index in [0.29, 0.717) is 23.5 Å². The van der Waals surface area contributed by atoms with E-state index in [1.54, 1.807) is 19.4 Å². The fourth-order valence-corrected chi connectivity index (χ4v) is 4.33. The summed E-state index contributed by atoms with van der Waals surface area (Å²) in [6, 6.07) is 0. The van der Waals surface area contributed by atoms with Crippen molar-refractivity contribution >= 4 is 21.4 Å². The summed E-state index contributed by atoms with van der Waals surface area (Å²) in [6.07, 6.45) is 0. The highest BCUT2D eigenvalue weighted by atomic mass is 32.2. The van der Waals surface area contributed by atoms with Gasteiger partial charge in [-0.1, -0.05) is 0 Å². The highest BCUT2D eigenvalue weighted by Gasteiger charge is 2.26. The average molecular weight is 292 g/mol. The molecule has 1 aromatic heterocycles. The molecule has 0 radical (unpaired) electrons. The van der Waals surface area contributed by atoms with Crippen molar-refractivity contribution in [1.29, 1.82) is 0 Å². The van der Waals surface area contributed by atoms with Gasteiger partial charge in [-0.15, -0.1) is 11.3 Å². The van der Waals surface area contributed by atoms with Crippen LogP contribution < -0.4 is 0 Å². The molecule has 18 heavy (non-hydrogen) atoms. The van der Waals surface area contributed by atoms with Crippen LogP contribution in [0.25, 0.3) is 0 Å². The van der Waals surface area contributed by atoms with Crippen LogP contribution in [-0.2, 0) is 16.6 Å². The van der Waals surface area contributed by atoms with E-state index in [-0.39, 0.29) is 11.5 Å². The number of aliphatic hydroxyl groups is 1. The number of hydrogen-bond acceptors (Lipinski definition) is 5. The summed E-state index contributed by atoms with van der Waals surface area (Å²) < 4.78 is 26.2. The van der Waals surface area contributed by atoms with E-state index < -0.39 is 10.0 Å². The molecule has 104 valence electrons. The van der Waals surface area contributed by atoms with Gasteiger partial charge in [0.2, 0.25) is 10.0 Å². The Balaban J connectivity index is 3.02. The number of nitrogens with zero attached hydrogens (tertiary/aromatic N) is 2. The van der Waals surface area contributed by atoms with E-state index in [0.717, 1.165) is 0 Å². The summed E-state index contributed by atoms with van der Waals surface area (Å²) in [5.74, 6) is 0. The largest absolute Gasteiger partial charge is 0.391 e. The summed E-state index contributed by atoms with van der Waals surface area (Å²) in [5.41, 5.74) is 0.695. The molecule has 0 unspecified atom stereocenters. The van der Waals surface area contributed by atoms with Crippen LogP contribution >= 0.6 is 11.3 Å². The first-order valence-electron chi connectivity index (χ1n) is 5.59. The zero-order valence-electron chi connectivity index (χ0n) is 11.2. The number of thiophene rings is 1. The van der Waals surface area contributed by atoms with Gasteiger partial charge >= 0.3 is 0 Å². The molecule has 0 aliphatic rings. The van der Waals surface area contributed by atoms with E-state index in [1.807, 2.05) is 19.0 Å². The van der Waals surface area contributed by atoms with Crippen molar-refractivity contribution in [3.8, 4) is 0 Å². The second-order valence-corrected chi connectivity index (χ2v) is 7.40. The van der Waals surface area contributed by atoms with Crippen LogP contribution in [0.4, 0.5) is 0 Å². The lowest BCUT2D eigenvalue weighted by Crippen LogP contribution is -2.34. The van der Waals surface area contributed by atoms with Crippen LogP contribution in [0, 0.1) is 6.92 Å². The number of aliphatic hydroxyl groups excluding tert-OH is 1. The van der Waals surface area contributed by atoms with E-state index in [4.69, 9.17) is 0 Å². The topological polar surface area (TPSA) is 60.9 Å². The lowest BCUT2D eigenvalue weighted by atomic mass is 10.3. The molecule has 0 saturated heterocycles. The number of hydrogen-bond donors (Lipinski definition) is 1. The van der Waals surface area contributed by atoms with Crippen molar-refractivity contribution in [1.82, 2.24) is 9.21 Å². The first kappa shape index (κ1) is 15.6. The molecule has 0 atom stereocenters. The molecule has 0 amide bonds. The molecule has 0 aromatic carbocycles. The molecule has 7 heteroatoms. The van der Waals surface area contributed by atoms with Crippen molar-refractivity contribution in [2.45, 2.75) is 18.4 Å². The van der Waals surface area contributed by atoms with Gasteiger partial charge in [-0.2, -0.15) is 4.31 Å². The molecular formula is C11H20N2O3S2. The minimum absolute atomic E-state index is 0.241. The Bertz CT molecular complexity index is 494. The Morgan fingerprint density at radius 3 is 2.39 bits per heavy atom. The van der Waals surface area contributed by atoms with Gasteiger partial charge in [-0.05, 0) is 32.0 Å². The Kier molecular flexibility index (Phi) is 5.30. The summed E-state index contributed by atoms with van der Waals surface area (Å²) in [5, 5.41) is 11.0. The molecule has 0 aliphatic carbocycles. The number of likely N-dealkylation sites (N-methyl/N-ethyl adjacent to an activating group) is 2. The van der Waals surface area contributed by atoms with E-state index in [1.165, 1.54) is 15.6 Å². The molecule has 1 aromatic rings. The Labute approximate surface area is 113 Å². The van der Waals surface area contributed by atoms with Gasteiger partial charge in [0.05, 0.1) is 11.5 Å². The minimum atomic E-state index is -3.51. The molecule has 0 aliphatic heterocycles. The van der Waals surface area contributed by atoms with Crippen LogP contribution in [0.3, 0.4) is 0 Å². The van der Waals surface area contributed by atoms with Crippen molar-refractivity contribution < 1.29 is 13.5 Å². The van der Waals surface area contributed by atoms with E-state index >= 15 is 0 Å². The number of sulfonamides is 1. The van der Waals surface area contributed by atoms with Gasteiger partial charge in [0.15, 0.2) is 0 Å². The van der Waals surface area contributed by atoms with Crippen LogP contribution in [0.2, 0.25) is 0 Å². The standard InChI is InChI=1S/C11H20N2O3S2/c1-9-8-17-10(7-14)11(9)18(15,16)13(4)6-5-12(2)3/h8,14H,5-7H2,1-4H3. The number of rotatable bonds is 6. The predicted octanol–water partition coefficient (Wildman–Crippen LogP) is 0.731. The van der Waals surface area contributed by atoms with Gasteiger partial charge in [0.1, 0.15) is 4.90 Å². The first-order chi connectivity index (χ1) is 8.30. The second kappa shape index (κ2) is 6.12. The van der Waals surface area contributed by atoms with Crippen LogP contribution in [0.5, 0.6) is 0 Å². The molecule has 1 N–H and O–H groups in total. The van der Waals surface area contributed by atoms with Crippen LogP contribution in [0.1, 0.15) is 10.4 Å². The van der Waals surface area contributed by atoms with Crippen molar-refractivity contribution in [2.24, 2.45) is 0 Å². The zero-order chi connectivity index (χ0) is 13.9. The third-order valence-corrected chi connectivity index (χ3v) is 5.97. The molecular weight excluding hydrogens is 272 g/mol. The summed E-state index contributed by atoms with van der Waals surface area (Å²) >= 11 is 1.28. The third kappa shape index (κ3) is 3.30. The number of aryl methyl sites for hydroxylation is 1. The molecule has 1 heterocycles. The van der Waals surface area contributed by atoms with Gasteiger partial charge in [-0.25, -0.2) is 8.42 Å². The molecule has 1 rings (SSSR count). The average Bonchev–Trinajstić information content (AvgIpc) is 2.67. The molecule has 5 nitrogen and oxygen atoms in total. The Morgan fingerprint density at radius 1 is 1.28 bits per heavy atom. The third-order valence-electron chi connectivity index (χ3n) is 2.66. The summed E-state index contributed by atoms with van der Waals surface area (Å²) in [7, 11) is 1.86. The van der Waals surface area contributed by atoms with E-state index in [2.05, 4.69) is 0 Å². The van der Waals surface area contributed by atoms with Crippen LogP contribution in [0.15, 0.2) is 10.3 Å². The quantitative estimate of drug-likeness (QED) is 0.840. The normalized spacial score (nSPS) is 12.6. The van der Waals surface area contributed by atoms with Gasteiger partial charge in [0.25, 0.3) is 0 Å². The molecule has 0 fully saturated rings. The summed E-state index contributed by atoms with van der Waals surface area (Å²) in [4.78, 5) is 2.69. The fourth-order valence-electron chi connectivity index (χ4n) is 1.56. The smallest absolute Gasteiger partial charge is 0.244 e. The van der Waals surface area contributed by atoms with Gasteiger partial charge in [-0.3, -0.25) is 0 Å². The molecule has 0 spiro atoms. The first-order valence-corrected chi connectivity index (χ1v) is 7.91. The maximum absolute atomic E-state index is 12.4.